The Hall–Kier alpha value is -0.490. The summed E-state index contributed by atoms with van der Waals surface area (Å²) in [5.74, 6) is -0.359. The average Bonchev–Trinajstić information content (AvgIpc) is 2.38. The molecule has 118 valence electrons. The maximum atomic E-state index is 12.5. The highest BCUT2D eigenvalue weighted by Gasteiger charge is 2.28. The van der Waals surface area contributed by atoms with E-state index in [4.69, 9.17) is 33.9 Å². The van der Waals surface area contributed by atoms with Crippen molar-refractivity contribution in [2.24, 2.45) is 0 Å². The van der Waals surface area contributed by atoms with Crippen LogP contribution in [-0.4, -0.2) is 31.8 Å². The summed E-state index contributed by atoms with van der Waals surface area (Å²) in [4.78, 5) is 13.6. The van der Waals surface area contributed by atoms with Gasteiger partial charge >= 0.3 is 0 Å². The van der Waals surface area contributed by atoms with Crippen LogP contribution in [-0.2, 0) is 9.05 Å². The number of carbonyl (C=O) groups excluding carboxylic acids is 1. The molecule has 1 aromatic rings. The summed E-state index contributed by atoms with van der Waals surface area (Å²) in [5.41, 5.74) is -0.268. The van der Waals surface area contributed by atoms with Crippen molar-refractivity contribution in [2.45, 2.75) is 37.6 Å². The molecule has 0 bridgehead atoms. The van der Waals surface area contributed by atoms with Crippen molar-refractivity contribution in [1.82, 2.24) is 4.90 Å². The summed E-state index contributed by atoms with van der Waals surface area (Å²) in [7, 11) is 2.86. The molecule has 0 spiro atoms. The van der Waals surface area contributed by atoms with Crippen molar-refractivity contribution in [3.05, 3.63) is 27.7 Å². The molecule has 0 N–H and O–H groups in total. The van der Waals surface area contributed by atoms with Gasteiger partial charge in [0, 0.05) is 28.8 Å². The van der Waals surface area contributed by atoms with Crippen LogP contribution in [0.3, 0.4) is 0 Å². The topological polar surface area (TPSA) is 54.5 Å². The lowest BCUT2D eigenvalue weighted by atomic mass is 9.99. The summed E-state index contributed by atoms with van der Waals surface area (Å²) in [5, 5.41) is -0.231. The zero-order valence-corrected chi connectivity index (χ0v) is 15.2. The summed E-state index contributed by atoms with van der Waals surface area (Å²) in [6.45, 7) is 5.76. The normalized spacial score (nSPS) is 12.3. The van der Waals surface area contributed by atoms with E-state index in [1.165, 1.54) is 11.0 Å². The Morgan fingerprint density at radius 3 is 2.24 bits per heavy atom. The third-order valence-electron chi connectivity index (χ3n) is 3.58. The molecule has 0 unspecified atom stereocenters. The van der Waals surface area contributed by atoms with E-state index in [1.807, 2.05) is 20.8 Å². The highest BCUT2D eigenvalue weighted by Crippen LogP contribution is 2.33. The third kappa shape index (κ3) is 4.03. The predicted octanol–water partition coefficient (Wildman–Crippen LogP) is 4.18. The second-order valence-electron chi connectivity index (χ2n) is 5.24. The number of nitrogens with zero attached hydrogens (tertiary/aromatic N) is 1. The Morgan fingerprint density at radius 2 is 1.81 bits per heavy atom. The predicted molar refractivity (Wildman–Crippen MR) is 86.0 cm³/mol. The Kier molecular flexibility index (Phi) is 5.59. The minimum atomic E-state index is -4.09. The van der Waals surface area contributed by atoms with E-state index in [-0.39, 0.29) is 32.0 Å². The molecule has 21 heavy (non-hydrogen) atoms. The second kappa shape index (κ2) is 6.32. The van der Waals surface area contributed by atoms with Crippen LogP contribution in [0.4, 0.5) is 0 Å². The number of hydrogen-bond donors (Lipinski definition) is 0. The first-order valence-electron chi connectivity index (χ1n) is 6.13. The Balaban J connectivity index is 3.40. The highest BCUT2D eigenvalue weighted by atomic mass is 35.7. The molecule has 1 rings (SSSR count). The molecule has 0 aliphatic carbocycles. The zero-order chi connectivity index (χ0) is 16.6. The van der Waals surface area contributed by atoms with E-state index < -0.39 is 9.05 Å². The quantitative estimate of drug-likeness (QED) is 0.745. The average molecular weight is 373 g/mol. The number of hydrogen-bond acceptors (Lipinski definition) is 3. The maximum absolute atomic E-state index is 12.5. The van der Waals surface area contributed by atoms with Gasteiger partial charge in [0.1, 0.15) is 4.90 Å². The van der Waals surface area contributed by atoms with Crippen molar-refractivity contribution in [3.8, 4) is 0 Å². The number of amides is 1. The van der Waals surface area contributed by atoms with E-state index in [2.05, 4.69) is 0 Å². The molecule has 0 atom stereocenters. The van der Waals surface area contributed by atoms with Gasteiger partial charge in [0.2, 0.25) is 0 Å². The molecule has 0 aliphatic rings. The van der Waals surface area contributed by atoms with Gasteiger partial charge < -0.3 is 4.90 Å². The van der Waals surface area contributed by atoms with Crippen LogP contribution in [0.25, 0.3) is 0 Å². The lowest BCUT2D eigenvalue weighted by Gasteiger charge is -2.35. The third-order valence-corrected chi connectivity index (χ3v) is 5.84. The molecular formula is C13H16Cl3NO3S. The smallest absolute Gasteiger partial charge is 0.262 e. The Morgan fingerprint density at radius 1 is 1.29 bits per heavy atom. The van der Waals surface area contributed by atoms with Crippen molar-refractivity contribution < 1.29 is 13.2 Å². The molecule has 0 aromatic heterocycles. The second-order valence-corrected chi connectivity index (χ2v) is 8.56. The van der Waals surface area contributed by atoms with Gasteiger partial charge in [-0.15, -0.1) is 0 Å². The molecule has 0 fully saturated rings. The molecule has 0 saturated heterocycles. The first-order chi connectivity index (χ1) is 9.41. The van der Waals surface area contributed by atoms with Crippen molar-refractivity contribution in [3.63, 3.8) is 0 Å². The van der Waals surface area contributed by atoms with Gasteiger partial charge in [-0.1, -0.05) is 30.1 Å². The molecule has 4 nitrogen and oxygen atoms in total. The minimum Gasteiger partial charge on any atom is -0.337 e. The van der Waals surface area contributed by atoms with E-state index in [0.717, 1.165) is 12.5 Å². The number of rotatable bonds is 4. The first-order valence-corrected chi connectivity index (χ1v) is 9.20. The molecule has 0 heterocycles. The largest absolute Gasteiger partial charge is 0.337 e. The van der Waals surface area contributed by atoms with Gasteiger partial charge in [-0.3, -0.25) is 4.79 Å². The van der Waals surface area contributed by atoms with Gasteiger partial charge in [-0.25, -0.2) is 8.42 Å². The molecule has 1 amide bonds. The van der Waals surface area contributed by atoms with Gasteiger partial charge in [0.25, 0.3) is 15.0 Å². The minimum absolute atomic E-state index is 0.0375. The van der Waals surface area contributed by atoms with Gasteiger partial charge in [-0.2, -0.15) is 0 Å². The SMILES string of the molecule is CCC(C)(C)N(C)C(=O)c1cc(Cl)c(Cl)c(S(=O)(=O)Cl)c1. The van der Waals surface area contributed by atoms with Crippen LogP contribution >= 0.6 is 33.9 Å². The van der Waals surface area contributed by atoms with E-state index in [9.17, 15) is 13.2 Å². The fraction of sp³-hybridized carbons (Fsp3) is 0.462. The van der Waals surface area contributed by atoms with Crippen LogP contribution < -0.4 is 0 Å². The number of benzene rings is 1. The molecule has 0 aliphatic heterocycles. The maximum Gasteiger partial charge on any atom is 0.262 e. The Bertz CT molecular complexity index is 671. The van der Waals surface area contributed by atoms with E-state index >= 15 is 0 Å². The van der Waals surface area contributed by atoms with Crippen LogP contribution in [0.5, 0.6) is 0 Å². The highest BCUT2D eigenvalue weighted by molar-refractivity contribution is 8.13. The molecule has 0 radical (unpaired) electrons. The molecule has 0 saturated carbocycles. The lowest BCUT2D eigenvalue weighted by Crippen LogP contribution is -2.44. The van der Waals surface area contributed by atoms with Gasteiger partial charge in [0.05, 0.1) is 10.0 Å². The molecule has 1 aromatic carbocycles. The molecular weight excluding hydrogens is 357 g/mol. The van der Waals surface area contributed by atoms with Crippen molar-refractivity contribution >= 4 is 48.8 Å². The summed E-state index contributed by atoms with van der Waals surface area (Å²) in [6.07, 6.45) is 0.733. The Labute approximate surface area is 139 Å². The first kappa shape index (κ1) is 18.6. The number of halogens is 3. The van der Waals surface area contributed by atoms with E-state index in [1.54, 1.807) is 7.05 Å². The summed E-state index contributed by atoms with van der Waals surface area (Å²) >= 11 is 11.7. The monoisotopic (exact) mass is 371 g/mol. The van der Waals surface area contributed by atoms with Crippen LogP contribution in [0, 0.1) is 0 Å². The summed E-state index contributed by atoms with van der Waals surface area (Å²) in [6, 6.07) is 2.47. The fourth-order valence-corrected chi connectivity index (χ4v) is 3.33. The number of carbonyl (C=O) groups is 1. The fourth-order valence-electron chi connectivity index (χ4n) is 1.57. The van der Waals surface area contributed by atoms with Crippen molar-refractivity contribution in [2.75, 3.05) is 7.05 Å². The molecule has 8 heteroatoms. The van der Waals surface area contributed by atoms with Crippen molar-refractivity contribution in [1.29, 1.82) is 0 Å². The summed E-state index contributed by atoms with van der Waals surface area (Å²) < 4.78 is 23.0. The van der Waals surface area contributed by atoms with E-state index in [0.29, 0.717) is 0 Å². The standard InChI is InChI=1S/C13H16Cl3NO3S/c1-5-13(2,3)17(4)12(18)8-6-9(14)11(15)10(7-8)21(16,19)20/h6-7H,5H2,1-4H3. The van der Waals surface area contributed by atoms with Gasteiger partial charge in [-0.05, 0) is 32.4 Å². The lowest BCUT2D eigenvalue weighted by molar-refractivity contribution is 0.0620. The zero-order valence-electron chi connectivity index (χ0n) is 12.1. The van der Waals surface area contributed by atoms with Crippen LogP contribution in [0.1, 0.15) is 37.6 Å². The van der Waals surface area contributed by atoms with Crippen LogP contribution in [0.15, 0.2) is 17.0 Å². The van der Waals surface area contributed by atoms with Crippen LogP contribution in [0.2, 0.25) is 10.0 Å². The van der Waals surface area contributed by atoms with Gasteiger partial charge in [0.15, 0.2) is 0 Å².